The third kappa shape index (κ3) is 5.88. The van der Waals surface area contributed by atoms with Crippen molar-refractivity contribution in [3.05, 3.63) is 63.8 Å². The molecule has 2 unspecified atom stereocenters. The fourth-order valence-electron chi connectivity index (χ4n) is 3.41. The van der Waals surface area contributed by atoms with E-state index in [0.29, 0.717) is 38.5 Å². The molecule has 9 nitrogen and oxygen atoms in total. The monoisotopic (exact) mass is 531 g/mol. The van der Waals surface area contributed by atoms with Crippen molar-refractivity contribution in [2.45, 2.75) is 32.9 Å². The van der Waals surface area contributed by atoms with Gasteiger partial charge in [0.2, 0.25) is 0 Å². The van der Waals surface area contributed by atoms with Crippen LogP contribution in [0.15, 0.2) is 58.2 Å². The third-order valence-electron chi connectivity index (χ3n) is 5.07. The van der Waals surface area contributed by atoms with E-state index in [1.807, 2.05) is 0 Å². The van der Waals surface area contributed by atoms with Gasteiger partial charge < -0.3 is 30.2 Å². The Morgan fingerprint density at radius 3 is 2.50 bits per heavy atom. The molecule has 2 aromatic rings. The van der Waals surface area contributed by atoms with Crippen molar-refractivity contribution in [1.29, 1.82) is 0 Å². The number of rotatable bonds is 8. The lowest BCUT2D eigenvalue weighted by atomic mass is 9.94. The average Bonchev–Trinajstić information content (AvgIpc) is 2.80. The Bertz CT molecular complexity index is 1120. The molecule has 3 rings (SSSR count). The number of carbonyl (C=O) groups excluding carboxylic acids is 3. The second-order valence-corrected chi connectivity index (χ2v) is 8.31. The van der Waals surface area contributed by atoms with Gasteiger partial charge in [-0.25, -0.2) is 9.59 Å². The molecule has 0 fully saturated rings. The largest absolute Gasteiger partial charge is 0.497 e. The summed E-state index contributed by atoms with van der Waals surface area (Å²) in [6.07, 6.45) is -0.798. The van der Waals surface area contributed by atoms with Crippen LogP contribution in [0, 0.1) is 0 Å². The fourth-order valence-corrected chi connectivity index (χ4v) is 3.90. The molecule has 0 bridgehead atoms. The predicted molar refractivity (Wildman–Crippen MR) is 130 cm³/mol. The molecule has 10 heteroatoms. The molecule has 1 heterocycles. The van der Waals surface area contributed by atoms with Crippen LogP contribution in [0.2, 0.25) is 0 Å². The van der Waals surface area contributed by atoms with Gasteiger partial charge in [0.1, 0.15) is 11.5 Å². The maximum atomic E-state index is 13.2. The van der Waals surface area contributed by atoms with Crippen LogP contribution in [-0.2, 0) is 14.3 Å². The standard InChI is InChI=1S/C24H26BrN3O6/c1-5-33-23(30)14(3)34-19-11-6-15(12-18(19)25)21-20(13(2)26-24(31)28-21)22(29)27-16-7-9-17(32-4)10-8-16/h6-12,14,21H,5H2,1-4H3,(H,27,29)(H2,26,28,31). The highest BCUT2D eigenvalue weighted by Gasteiger charge is 2.32. The van der Waals surface area contributed by atoms with E-state index in [4.69, 9.17) is 14.2 Å². The molecule has 0 saturated carbocycles. The van der Waals surface area contributed by atoms with E-state index in [1.54, 1.807) is 70.3 Å². The number of hydrogen-bond donors (Lipinski definition) is 3. The van der Waals surface area contributed by atoms with Crippen LogP contribution in [0.3, 0.4) is 0 Å². The molecule has 2 atom stereocenters. The van der Waals surface area contributed by atoms with Gasteiger partial charge in [-0.05, 0) is 78.7 Å². The molecular weight excluding hydrogens is 506 g/mol. The van der Waals surface area contributed by atoms with Crippen LogP contribution in [0.25, 0.3) is 0 Å². The van der Waals surface area contributed by atoms with E-state index < -0.39 is 24.1 Å². The topological polar surface area (TPSA) is 115 Å². The number of halogens is 1. The van der Waals surface area contributed by atoms with Crippen molar-refractivity contribution in [2.75, 3.05) is 19.0 Å². The predicted octanol–water partition coefficient (Wildman–Crippen LogP) is 4.05. The molecule has 3 amide bonds. The maximum Gasteiger partial charge on any atom is 0.347 e. The van der Waals surface area contributed by atoms with Gasteiger partial charge in [-0.1, -0.05) is 6.07 Å². The summed E-state index contributed by atoms with van der Waals surface area (Å²) in [5.74, 6) is 0.254. The fraction of sp³-hybridized carbons (Fsp3) is 0.292. The van der Waals surface area contributed by atoms with Crippen LogP contribution in [0.1, 0.15) is 32.4 Å². The molecule has 0 saturated heterocycles. The van der Waals surface area contributed by atoms with Crippen LogP contribution >= 0.6 is 15.9 Å². The van der Waals surface area contributed by atoms with Gasteiger partial charge in [0.15, 0.2) is 6.10 Å². The van der Waals surface area contributed by atoms with E-state index in [-0.39, 0.29) is 12.5 Å². The smallest absolute Gasteiger partial charge is 0.347 e. The quantitative estimate of drug-likeness (QED) is 0.442. The summed E-state index contributed by atoms with van der Waals surface area (Å²) in [5.41, 5.74) is 2.03. The second-order valence-electron chi connectivity index (χ2n) is 7.45. The summed E-state index contributed by atoms with van der Waals surface area (Å²) < 4.78 is 16.4. The minimum atomic E-state index is -0.798. The van der Waals surface area contributed by atoms with Crippen molar-refractivity contribution in [3.8, 4) is 11.5 Å². The summed E-state index contributed by atoms with van der Waals surface area (Å²) in [7, 11) is 1.56. The molecule has 180 valence electrons. The van der Waals surface area contributed by atoms with Crippen LogP contribution in [0.5, 0.6) is 11.5 Å². The van der Waals surface area contributed by atoms with E-state index in [2.05, 4.69) is 31.9 Å². The number of methoxy groups -OCH3 is 1. The first-order valence-corrected chi connectivity index (χ1v) is 11.4. The normalized spacial score (nSPS) is 16.1. The lowest BCUT2D eigenvalue weighted by molar-refractivity contribution is -0.150. The van der Waals surface area contributed by atoms with E-state index >= 15 is 0 Å². The Morgan fingerprint density at radius 1 is 1.18 bits per heavy atom. The Hall–Kier alpha value is -3.53. The minimum Gasteiger partial charge on any atom is -0.497 e. The Kier molecular flexibility index (Phi) is 8.17. The molecule has 1 aliphatic heterocycles. The summed E-state index contributed by atoms with van der Waals surface area (Å²) in [6, 6.07) is 10.9. The van der Waals surface area contributed by atoms with Crippen molar-refractivity contribution >= 4 is 39.5 Å². The molecule has 0 aliphatic carbocycles. The van der Waals surface area contributed by atoms with Gasteiger partial charge in [-0.15, -0.1) is 0 Å². The number of carbonyl (C=O) groups is 3. The highest BCUT2D eigenvalue weighted by atomic mass is 79.9. The second kappa shape index (κ2) is 11.1. The molecule has 34 heavy (non-hydrogen) atoms. The number of amides is 3. The van der Waals surface area contributed by atoms with Crippen molar-refractivity contribution in [2.24, 2.45) is 0 Å². The number of urea groups is 1. The Labute approximate surface area is 206 Å². The SMILES string of the molecule is CCOC(=O)C(C)Oc1ccc(C2NC(=O)NC(C)=C2C(=O)Nc2ccc(OC)cc2)cc1Br. The van der Waals surface area contributed by atoms with E-state index in [9.17, 15) is 14.4 Å². The first-order chi connectivity index (χ1) is 16.2. The molecule has 0 aromatic heterocycles. The summed E-state index contributed by atoms with van der Waals surface area (Å²) in [5, 5.41) is 8.30. The number of nitrogens with one attached hydrogen (secondary N) is 3. The number of hydrogen-bond acceptors (Lipinski definition) is 6. The van der Waals surface area contributed by atoms with Crippen LogP contribution in [-0.4, -0.2) is 37.7 Å². The Balaban J connectivity index is 1.85. The molecule has 0 radical (unpaired) electrons. The maximum absolute atomic E-state index is 13.2. The van der Waals surface area contributed by atoms with Crippen molar-refractivity contribution in [1.82, 2.24) is 10.6 Å². The van der Waals surface area contributed by atoms with E-state index in [0.717, 1.165) is 0 Å². The van der Waals surface area contributed by atoms with Gasteiger partial charge >= 0.3 is 12.0 Å². The summed E-state index contributed by atoms with van der Waals surface area (Å²) in [4.78, 5) is 37.3. The zero-order valence-electron chi connectivity index (χ0n) is 19.2. The third-order valence-corrected chi connectivity index (χ3v) is 5.69. The molecule has 2 aromatic carbocycles. The average molecular weight is 532 g/mol. The van der Waals surface area contributed by atoms with Gasteiger partial charge in [0.25, 0.3) is 5.91 Å². The molecular formula is C24H26BrN3O6. The lowest BCUT2D eigenvalue weighted by Gasteiger charge is -2.29. The molecule has 0 spiro atoms. The number of anilines is 1. The highest BCUT2D eigenvalue weighted by Crippen LogP contribution is 2.34. The van der Waals surface area contributed by atoms with Crippen LogP contribution in [0.4, 0.5) is 10.5 Å². The molecule has 1 aliphatic rings. The number of esters is 1. The van der Waals surface area contributed by atoms with Gasteiger partial charge in [0.05, 0.1) is 29.8 Å². The van der Waals surface area contributed by atoms with Gasteiger partial charge in [-0.2, -0.15) is 0 Å². The van der Waals surface area contributed by atoms with Gasteiger partial charge in [0, 0.05) is 11.4 Å². The number of allylic oxidation sites excluding steroid dienone is 1. The number of benzene rings is 2. The summed E-state index contributed by atoms with van der Waals surface area (Å²) in [6.45, 7) is 5.25. The zero-order valence-corrected chi connectivity index (χ0v) is 20.8. The number of ether oxygens (including phenoxy) is 3. The van der Waals surface area contributed by atoms with Crippen molar-refractivity contribution < 1.29 is 28.6 Å². The van der Waals surface area contributed by atoms with Crippen molar-refractivity contribution in [3.63, 3.8) is 0 Å². The van der Waals surface area contributed by atoms with Gasteiger partial charge in [-0.3, -0.25) is 4.79 Å². The molecule has 3 N–H and O–H groups in total. The summed E-state index contributed by atoms with van der Waals surface area (Å²) >= 11 is 3.45. The minimum absolute atomic E-state index is 0.259. The lowest BCUT2D eigenvalue weighted by Crippen LogP contribution is -2.46. The highest BCUT2D eigenvalue weighted by molar-refractivity contribution is 9.10. The van der Waals surface area contributed by atoms with E-state index in [1.165, 1.54) is 0 Å². The van der Waals surface area contributed by atoms with Crippen LogP contribution < -0.4 is 25.4 Å². The first kappa shape index (κ1) is 25.1. The zero-order chi connectivity index (χ0) is 24.8. The first-order valence-electron chi connectivity index (χ1n) is 10.6. The Morgan fingerprint density at radius 2 is 1.88 bits per heavy atom.